The minimum absolute atomic E-state index is 0. The number of sulfone groups is 1. The Labute approximate surface area is 161 Å². The summed E-state index contributed by atoms with van der Waals surface area (Å²) in [6.45, 7) is 3.97. The lowest BCUT2D eigenvalue weighted by Gasteiger charge is -2.15. The van der Waals surface area contributed by atoms with Crippen molar-refractivity contribution in [3.8, 4) is 0 Å². The highest BCUT2D eigenvalue weighted by atomic mass is 127. The predicted octanol–water partition coefficient (Wildman–Crippen LogP) is 1.86. The number of guanidine groups is 1. The highest BCUT2D eigenvalue weighted by molar-refractivity contribution is 14.0. The summed E-state index contributed by atoms with van der Waals surface area (Å²) >= 11 is 0. The highest BCUT2D eigenvalue weighted by Gasteiger charge is 2.15. The van der Waals surface area contributed by atoms with E-state index in [2.05, 4.69) is 15.6 Å². The molecule has 0 aromatic heterocycles. The lowest BCUT2D eigenvalue weighted by Crippen LogP contribution is -2.40. The predicted molar refractivity (Wildman–Crippen MR) is 107 cm³/mol. The van der Waals surface area contributed by atoms with Crippen LogP contribution in [-0.2, 0) is 21.1 Å². The zero-order valence-corrected chi connectivity index (χ0v) is 17.5. The standard InChI is InChI=1S/C16H25N3O3S.HI/c1-12-9-13(6-7-15(12)23(3,20)21)10-18-16(17-2)19-11-14-5-4-8-22-14;/h6-7,9,14H,4-5,8,10-11H2,1-3H3,(H2,17,18,19);1H. The first kappa shape index (κ1) is 21.2. The summed E-state index contributed by atoms with van der Waals surface area (Å²) in [5.74, 6) is 0.713. The third-order valence-electron chi connectivity index (χ3n) is 3.84. The molecule has 1 atom stereocenters. The number of aryl methyl sites for hydroxylation is 1. The molecule has 0 amide bonds. The van der Waals surface area contributed by atoms with Gasteiger partial charge in [-0.1, -0.05) is 12.1 Å². The van der Waals surface area contributed by atoms with E-state index in [4.69, 9.17) is 4.74 Å². The average Bonchev–Trinajstić information content (AvgIpc) is 2.99. The molecule has 1 heterocycles. The van der Waals surface area contributed by atoms with Gasteiger partial charge < -0.3 is 15.4 Å². The van der Waals surface area contributed by atoms with Gasteiger partial charge >= 0.3 is 0 Å². The van der Waals surface area contributed by atoms with E-state index in [1.54, 1.807) is 13.1 Å². The van der Waals surface area contributed by atoms with E-state index >= 15 is 0 Å². The van der Waals surface area contributed by atoms with Crippen molar-refractivity contribution in [2.75, 3.05) is 26.5 Å². The molecule has 1 fully saturated rings. The number of aliphatic imine (C=N–C) groups is 1. The molecule has 8 heteroatoms. The van der Waals surface area contributed by atoms with Gasteiger partial charge in [0.25, 0.3) is 0 Å². The zero-order valence-electron chi connectivity index (χ0n) is 14.3. The van der Waals surface area contributed by atoms with Crippen molar-refractivity contribution in [1.82, 2.24) is 10.6 Å². The molecule has 2 rings (SSSR count). The molecular formula is C16H26IN3O3S. The Morgan fingerprint density at radius 2 is 2.12 bits per heavy atom. The van der Waals surface area contributed by atoms with Crippen molar-refractivity contribution in [2.24, 2.45) is 4.99 Å². The molecule has 1 aromatic carbocycles. The van der Waals surface area contributed by atoms with Crippen LogP contribution >= 0.6 is 24.0 Å². The Morgan fingerprint density at radius 1 is 1.38 bits per heavy atom. The van der Waals surface area contributed by atoms with Crippen molar-refractivity contribution >= 4 is 39.8 Å². The van der Waals surface area contributed by atoms with Crippen molar-refractivity contribution in [3.05, 3.63) is 29.3 Å². The van der Waals surface area contributed by atoms with Gasteiger partial charge in [0.05, 0.1) is 11.0 Å². The van der Waals surface area contributed by atoms with E-state index in [9.17, 15) is 8.42 Å². The zero-order chi connectivity index (χ0) is 16.9. The molecule has 136 valence electrons. The quantitative estimate of drug-likeness (QED) is 0.393. The third kappa shape index (κ3) is 6.21. The second-order valence-electron chi connectivity index (χ2n) is 5.81. The molecule has 0 radical (unpaired) electrons. The Balaban J connectivity index is 0.00000288. The van der Waals surface area contributed by atoms with Crippen LogP contribution in [0.2, 0.25) is 0 Å². The van der Waals surface area contributed by atoms with Crippen LogP contribution in [0.25, 0.3) is 0 Å². The van der Waals surface area contributed by atoms with E-state index in [0.29, 0.717) is 17.4 Å². The number of nitrogens with one attached hydrogen (secondary N) is 2. The number of nitrogens with zero attached hydrogens (tertiary/aromatic N) is 1. The van der Waals surface area contributed by atoms with Crippen LogP contribution in [0.5, 0.6) is 0 Å². The maximum absolute atomic E-state index is 11.6. The summed E-state index contributed by atoms with van der Waals surface area (Å²) in [4.78, 5) is 4.56. The molecule has 0 saturated carbocycles. The number of halogens is 1. The Morgan fingerprint density at radius 3 is 2.67 bits per heavy atom. The molecule has 2 N–H and O–H groups in total. The minimum atomic E-state index is -3.17. The molecule has 1 aromatic rings. The normalized spacial score (nSPS) is 18.1. The first-order chi connectivity index (χ1) is 10.9. The molecule has 6 nitrogen and oxygen atoms in total. The average molecular weight is 467 g/mol. The monoisotopic (exact) mass is 467 g/mol. The van der Waals surface area contributed by atoms with Crippen molar-refractivity contribution < 1.29 is 13.2 Å². The van der Waals surface area contributed by atoms with Gasteiger partial charge in [-0.25, -0.2) is 8.42 Å². The van der Waals surface area contributed by atoms with Gasteiger partial charge in [0, 0.05) is 33.0 Å². The van der Waals surface area contributed by atoms with E-state index < -0.39 is 9.84 Å². The maximum Gasteiger partial charge on any atom is 0.191 e. The molecule has 1 aliphatic rings. The summed E-state index contributed by atoms with van der Waals surface area (Å²) in [5.41, 5.74) is 1.77. The Kier molecular flexibility index (Phi) is 8.44. The van der Waals surface area contributed by atoms with Gasteiger partial charge in [0.15, 0.2) is 15.8 Å². The fourth-order valence-corrected chi connectivity index (χ4v) is 3.62. The van der Waals surface area contributed by atoms with Gasteiger partial charge in [-0.2, -0.15) is 0 Å². The molecule has 1 saturated heterocycles. The first-order valence-corrected chi connectivity index (χ1v) is 9.65. The van der Waals surface area contributed by atoms with Crippen LogP contribution in [-0.4, -0.2) is 46.9 Å². The summed E-state index contributed by atoms with van der Waals surface area (Å²) < 4.78 is 28.8. The fourth-order valence-electron chi connectivity index (χ4n) is 2.66. The molecule has 24 heavy (non-hydrogen) atoms. The number of benzene rings is 1. The first-order valence-electron chi connectivity index (χ1n) is 7.76. The molecule has 0 spiro atoms. The fraction of sp³-hybridized carbons (Fsp3) is 0.562. The van der Waals surface area contributed by atoms with Crippen LogP contribution in [0.4, 0.5) is 0 Å². The molecule has 1 aliphatic heterocycles. The maximum atomic E-state index is 11.6. The van der Waals surface area contributed by atoms with E-state index in [0.717, 1.165) is 37.1 Å². The molecule has 1 unspecified atom stereocenters. The lowest BCUT2D eigenvalue weighted by atomic mass is 10.1. The van der Waals surface area contributed by atoms with Crippen LogP contribution in [0.1, 0.15) is 24.0 Å². The molecule has 0 bridgehead atoms. The number of ether oxygens (including phenoxy) is 1. The van der Waals surface area contributed by atoms with Gasteiger partial charge in [-0.15, -0.1) is 24.0 Å². The highest BCUT2D eigenvalue weighted by Crippen LogP contribution is 2.16. The van der Waals surface area contributed by atoms with E-state index in [1.807, 2.05) is 19.1 Å². The molecule has 0 aliphatic carbocycles. The topological polar surface area (TPSA) is 79.8 Å². The summed E-state index contributed by atoms with van der Waals surface area (Å²) in [5, 5.41) is 6.48. The number of rotatable bonds is 5. The van der Waals surface area contributed by atoms with Gasteiger partial charge in [-0.05, 0) is 37.0 Å². The smallest absolute Gasteiger partial charge is 0.191 e. The summed E-state index contributed by atoms with van der Waals surface area (Å²) in [6, 6.07) is 5.37. The SMILES string of the molecule is CN=C(NCc1ccc(S(C)(=O)=O)c(C)c1)NCC1CCCO1.I. The van der Waals surface area contributed by atoms with Crippen molar-refractivity contribution in [3.63, 3.8) is 0 Å². The summed E-state index contributed by atoms with van der Waals surface area (Å²) in [7, 11) is -1.45. The Bertz CT molecular complexity index is 671. The minimum Gasteiger partial charge on any atom is -0.376 e. The second-order valence-corrected chi connectivity index (χ2v) is 7.80. The van der Waals surface area contributed by atoms with Crippen molar-refractivity contribution in [1.29, 1.82) is 0 Å². The number of hydrogen-bond donors (Lipinski definition) is 2. The molecular weight excluding hydrogens is 441 g/mol. The second kappa shape index (κ2) is 9.57. The Hall–Kier alpha value is -0.870. The van der Waals surface area contributed by atoms with E-state index in [-0.39, 0.29) is 30.1 Å². The van der Waals surface area contributed by atoms with Crippen LogP contribution in [0, 0.1) is 6.92 Å². The largest absolute Gasteiger partial charge is 0.376 e. The van der Waals surface area contributed by atoms with Gasteiger partial charge in [-0.3, -0.25) is 4.99 Å². The summed E-state index contributed by atoms with van der Waals surface area (Å²) in [6.07, 6.45) is 3.68. The van der Waals surface area contributed by atoms with Crippen LogP contribution in [0.3, 0.4) is 0 Å². The lowest BCUT2D eigenvalue weighted by molar-refractivity contribution is 0.114. The third-order valence-corrected chi connectivity index (χ3v) is 5.10. The van der Waals surface area contributed by atoms with Crippen LogP contribution < -0.4 is 10.6 Å². The van der Waals surface area contributed by atoms with Gasteiger partial charge in [0.2, 0.25) is 0 Å². The van der Waals surface area contributed by atoms with Crippen molar-refractivity contribution in [2.45, 2.75) is 37.3 Å². The van der Waals surface area contributed by atoms with E-state index in [1.165, 1.54) is 6.26 Å². The number of hydrogen-bond acceptors (Lipinski definition) is 4. The van der Waals surface area contributed by atoms with Gasteiger partial charge in [0.1, 0.15) is 0 Å². The van der Waals surface area contributed by atoms with Crippen LogP contribution in [0.15, 0.2) is 28.1 Å².